The predicted molar refractivity (Wildman–Crippen MR) is 46.8 cm³/mol. The highest BCUT2D eigenvalue weighted by Crippen LogP contribution is 2.39. The van der Waals surface area contributed by atoms with Crippen molar-refractivity contribution in [3.8, 4) is 0 Å². The van der Waals surface area contributed by atoms with Crippen LogP contribution in [0.2, 0.25) is 0 Å². The lowest BCUT2D eigenvalue weighted by molar-refractivity contribution is -0.143. The van der Waals surface area contributed by atoms with Crippen LogP contribution in [0.1, 0.15) is 17.7 Å². The van der Waals surface area contributed by atoms with Crippen molar-refractivity contribution in [1.82, 2.24) is 4.98 Å². The maximum absolute atomic E-state index is 13.3. The molecule has 2 nitrogen and oxygen atoms in total. The van der Waals surface area contributed by atoms with E-state index < -0.39 is 36.3 Å². The zero-order valence-electron chi connectivity index (χ0n) is 8.06. The molecule has 16 heavy (non-hydrogen) atoms. The predicted octanol–water partition coefficient (Wildman–Crippen LogP) is 2.54. The van der Waals surface area contributed by atoms with E-state index in [4.69, 9.17) is 5.73 Å². The van der Waals surface area contributed by atoms with Crippen molar-refractivity contribution in [3.63, 3.8) is 0 Å². The molecule has 0 aliphatic carbocycles. The minimum absolute atomic E-state index is 0.416. The number of nitrogens with zero attached hydrogens (tertiary/aromatic N) is 1. The van der Waals surface area contributed by atoms with Crippen molar-refractivity contribution in [2.75, 3.05) is 6.54 Å². The van der Waals surface area contributed by atoms with E-state index in [-0.39, 0.29) is 0 Å². The molecule has 1 rings (SSSR count). The van der Waals surface area contributed by atoms with Crippen LogP contribution in [0.5, 0.6) is 0 Å². The molecular weight excluding hydrogens is 231 g/mol. The Hall–Kier alpha value is -1.24. The highest BCUT2D eigenvalue weighted by atomic mass is 19.4. The Morgan fingerprint density at radius 1 is 1.19 bits per heavy atom. The molecule has 0 unspecified atom stereocenters. The van der Waals surface area contributed by atoms with Crippen LogP contribution in [0, 0.1) is 0 Å². The van der Waals surface area contributed by atoms with Gasteiger partial charge in [0.05, 0.1) is 5.56 Å². The second-order valence-corrected chi connectivity index (χ2v) is 3.14. The lowest BCUT2D eigenvalue weighted by atomic mass is 10.1. The summed E-state index contributed by atoms with van der Waals surface area (Å²) in [6.07, 6.45) is -4.82. The molecule has 2 N–H and O–H groups in total. The minimum Gasteiger partial charge on any atom is -0.330 e. The van der Waals surface area contributed by atoms with Gasteiger partial charge >= 0.3 is 6.18 Å². The third-order valence-corrected chi connectivity index (χ3v) is 1.92. The second kappa shape index (κ2) is 4.32. The molecule has 90 valence electrons. The van der Waals surface area contributed by atoms with Crippen molar-refractivity contribution >= 4 is 0 Å². The first-order chi connectivity index (χ1) is 7.29. The van der Waals surface area contributed by atoms with Gasteiger partial charge in [0, 0.05) is 12.6 Å². The molecule has 0 saturated carbocycles. The number of nitrogens with two attached hydrogens (primary N) is 1. The molecular formula is C9H9F5N2. The Bertz CT molecular complexity index is 361. The normalized spacial score (nSPS) is 12.9. The molecule has 0 saturated heterocycles. The van der Waals surface area contributed by atoms with Crippen LogP contribution in [0.15, 0.2) is 18.3 Å². The quantitative estimate of drug-likeness (QED) is 0.824. The van der Waals surface area contributed by atoms with Gasteiger partial charge in [-0.3, -0.25) is 4.98 Å². The number of aromatic nitrogens is 1. The van der Waals surface area contributed by atoms with Gasteiger partial charge in [0.2, 0.25) is 0 Å². The van der Waals surface area contributed by atoms with Crippen LogP contribution in [0.3, 0.4) is 0 Å². The highest BCUT2D eigenvalue weighted by molar-refractivity contribution is 5.26. The molecule has 0 aliphatic rings. The Morgan fingerprint density at radius 3 is 2.31 bits per heavy atom. The highest BCUT2D eigenvalue weighted by Gasteiger charge is 2.43. The van der Waals surface area contributed by atoms with Gasteiger partial charge in [-0.2, -0.15) is 22.0 Å². The van der Waals surface area contributed by atoms with Crippen molar-refractivity contribution in [1.29, 1.82) is 0 Å². The molecule has 0 aromatic carbocycles. The lowest BCUT2D eigenvalue weighted by Gasteiger charge is -2.19. The van der Waals surface area contributed by atoms with Gasteiger partial charge in [-0.1, -0.05) is 0 Å². The van der Waals surface area contributed by atoms with Crippen LogP contribution in [0.25, 0.3) is 0 Å². The Labute approximate surface area is 88.3 Å². The summed E-state index contributed by atoms with van der Waals surface area (Å²) in [6.45, 7) is -0.416. The van der Waals surface area contributed by atoms with Gasteiger partial charge in [-0.05, 0) is 18.7 Å². The third-order valence-electron chi connectivity index (χ3n) is 1.92. The Morgan fingerprint density at radius 2 is 1.81 bits per heavy atom. The van der Waals surface area contributed by atoms with E-state index in [2.05, 4.69) is 4.98 Å². The Balaban J connectivity index is 3.23. The maximum Gasteiger partial charge on any atom is 0.418 e. The fourth-order valence-corrected chi connectivity index (χ4v) is 1.23. The lowest BCUT2D eigenvalue weighted by Crippen LogP contribution is -2.24. The average Bonchev–Trinajstić information content (AvgIpc) is 2.16. The summed E-state index contributed by atoms with van der Waals surface area (Å²) >= 11 is 0. The van der Waals surface area contributed by atoms with Crippen LogP contribution in [0.4, 0.5) is 22.0 Å². The molecule has 0 radical (unpaired) electrons. The zero-order valence-corrected chi connectivity index (χ0v) is 8.06. The number of alkyl halides is 5. The molecule has 1 aromatic heterocycles. The van der Waals surface area contributed by atoms with E-state index in [0.717, 1.165) is 12.3 Å². The minimum atomic E-state index is -4.85. The number of pyridine rings is 1. The summed E-state index contributed by atoms with van der Waals surface area (Å²) in [5.41, 5.74) is 2.23. The number of halogens is 5. The van der Waals surface area contributed by atoms with Crippen LogP contribution < -0.4 is 5.73 Å². The SMILES string of the molecule is NCCC(F)(F)c1ncccc1C(F)(F)F. The average molecular weight is 240 g/mol. The number of hydrogen-bond donors (Lipinski definition) is 1. The zero-order chi connectivity index (χ0) is 12.4. The van der Waals surface area contributed by atoms with Crippen LogP contribution in [-0.4, -0.2) is 11.5 Å². The first kappa shape index (κ1) is 12.8. The van der Waals surface area contributed by atoms with Crippen molar-refractivity contribution in [2.24, 2.45) is 5.73 Å². The summed E-state index contributed by atoms with van der Waals surface area (Å²) in [6, 6.07) is 1.54. The first-order valence-corrected chi connectivity index (χ1v) is 4.39. The topological polar surface area (TPSA) is 38.9 Å². The summed E-state index contributed by atoms with van der Waals surface area (Å²) in [5, 5.41) is 0. The third kappa shape index (κ3) is 2.66. The summed E-state index contributed by atoms with van der Waals surface area (Å²) in [4.78, 5) is 3.11. The smallest absolute Gasteiger partial charge is 0.330 e. The van der Waals surface area contributed by atoms with Gasteiger partial charge < -0.3 is 5.73 Å². The number of rotatable bonds is 3. The molecule has 0 atom stereocenters. The molecule has 0 bridgehead atoms. The van der Waals surface area contributed by atoms with Crippen LogP contribution >= 0.6 is 0 Å². The van der Waals surface area contributed by atoms with Crippen molar-refractivity contribution in [3.05, 3.63) is 29.6 Å². The van der Waals surface area contributed by atoms with Gasteiger partial charge in [-0.15, -0.1) is 0 Å². The molecule has 0 amide bonds. The largest absolute Gasteiger partial charge is 0.418 e. The molecule has 0 fully saturated rings. The molecule has 0 spiro atoms. The van der Waals surface area contributed by atoms with Gasteiger partial charge in [0.15, 0.2) is 0 Å². The van der Waals surface area contributed by atoms with E-state index in [0.29, 0.717) is 6.07 Å². The van der Waals surface area contributed by atoms with E-state index >= 15 is 0 Å². The van der Waals surface area contributed by atoms with E-state index in [9.17, 15) is 22.0 Å². The van der Waals surface area contributed by atoms with Crippen molar-refractivity contribution in [2.45, 2.75) is 18.5 Å². The van der Waals surface area contributed by atoms with Gasteiger partial charge in [0.1, 0.15) is 5.69 Å². The molecule has 0 aliphatic heterocycles. The van der Waals surface area contributed by atoms with E-state index in [1.165, 1.54) is 0 Å². The Kier molecular flexibility index (Phi) is 3.47. The summed E-state index contributed by atoms with van der Waals surface area (Å²) in [7, 11) is 0. The van der Waals surface area contributed by atoms with E-state index in [1.807, 2.05) is 0 Å². The van der Waals surface area contributed by atoms with Gasteiger partial charge in [0.25, 0.3) is 5.92 Å². The van der Waals surface area contributed by atoms with Gasteiger partial charge in [-0.25, -0.2) is 0 Å². The standard InChI is InChI=1S/C9H9F5N2/c10-8(11,3-4-15)7-6(9(12,13)14)2-1-5-16-7/h1-2,5H,3-4,15H2. The monoisotopic (exact) mass is 240 g/mol. The van der Waals surface area contributed by atoms with E-state index in [1.54, 1.807) is 0 Å². The summed E-state index contributed by atoms with van der Waals surface area (Å²) < 4.78 is 63.9. The van der Waals surface area contributed by atoms with Crippen molar-refractivity contribution < 1.29 is 22.0 Å². The number of hydrogen-bond acceptors (Lipinski definition) is 2. The second-order valence-electron chi connectivity index (χ2n) is 3.14. The first-order valence-electron chi connectivity index (χ1n) is 4.39. The maximum atomic E-state index is 13.3. The fraction of sp³-hybridized carbons (Fsp3) is 0.444. The molecule has 1 heterocycles. The van der Waals surface area contributed by atoms with Crippen LogP contribution in [-0.2, 0) is 12.1 Å². The molecule has 1 aromatic rings. The fourth-order valence-electron chi connectivity index (χ4n) is 1.23. The summed E-state index contributed by atoms with van der Waals surface area (Å²) in [5.74, 6) is -3.67. The molecule has 7 heteroatoms.